The van der Waals surface area contributed by atoms with Crippen LogP contribution < -0.4 is 4.74 Å². The van der Waals surface area contributed by atoms with E-state index in [4.69, 9.17) is 4.74 Å². The zero-order valence-electron chi connectivity index (χ0n) is 14.5. The Morgan fingerprint density at radius 2 is 1.41 bits per heavy atom. The van der Waals surface area contributed by atoms with Crippen LogP contribution in [-0.2, 0) is 0 Å². The van der Waals surface area contributed by atoms with Gasteiger partial charge in [-0.2, -0.15) is 4.39 Å². The Bertz CT molecular complexity index is 1010. The van der Waals surface area contributed by atoms with Crippen molar-refractivity contribution in [1.29, 1.82) is 0 Å². The maximum Gasteiger partial charge on any atom is 0.201 e. The summed E-state index contributed by atoms with van der Waals surface area (Å²) in [5, 5.41) is 0. The third kappa shape index (κ3) is 3.46. The van der Waals surface area contributed by atoms with Crippen LogP contribution >= 0.6 is 11.3 Å². The van der Waals surface area contributed by atoms with E-state index in [1.165, 1.54) is 31.2 Å². The molecule has 1 aliphatic carbocycles. The number of benzene rings is 2. The average Bonchev–Trinajstić information content (AvgIpc) is 3.37. The lowest BCUT2D eigenvalue weighted by molar-refractivity contribution is 0.280. The third-order valence-electron chi connectivity index (χ3n) is 4.63. The van der Waals surface area contributed by atoms with Gasteiger partial charge in [-0.15, -0.1) is 11.3 Å². The van der Waals surface area contributed by atoms with Crippen LogP contribution in [0.25, 0.3) is 20.9 Å². The quantitative estimate of drug-likeness (QED) is 0.437. The molecule has 1 saturated carbocycles. The Balaban J connectivity index is 1.65. The highest BCUT2D eigenvalue weighted by atomic mass is 32.1. The Labute approximate surface area is 158 Å². The lowest BCUT2D eigenvalue weighted by Crippen LogP contribution is -2.02. The molecule has 2 aromatic carbocycles. The van der Waals surface area contributed by atoms with Gasteiger partial charge in [0.25, 0.3) is 0 Å². The third-order valence-corrected chi connectivity index (χ3v) is 5.78. The Morgan fingerprint density at radius 1 is 0.815 bits per heavy atom. The molecular formula is C21H16F4OS. The number of hydrogen-bond donors (Lipinski definition) is 0. The number of halogens is 4. The van der Waals surface area contributed by atoms with Crippen molar-refractivity contribution < 1.29 is 22.3 Å². The van der Waals surface area contributed by atoms with Crippen LogP contribution in [0, 0.1) is 36.1 Å². The van der Waals surface area contributed by atoms with E-state index in [1.807, 2.05) is 0 Å². The van der Waals surface area contributed by atoms with Gasteiger partial charge in [0.2, 0.25) is 5.82 Å². The normalized spacial score (nSPS) is 13.8. The molecule has 140 valence electrons. The Morgan fingerprint density at radius 3 is 2.04 bits per heavy atom. The smallest absolute Gasteiger partial charge is 0.201 e. The van der Waals surface area contributed by atoms with Crippen LogP contribution in [0.5, 0.6) is 5.75 Å². The molecule has 0 amide bonds. The van der Waals surface area contributed by atoms with Crippen LogP contribution in [0.3, 0.4) is 0 Å². The first-order valence-electron chi connectivity index (χ1n) is 8.61. The fourth-order valence-electron chi connectivity index (χ4n) is 2.79. The first kappa shape index (κ1) is 18.0. The molecule has 4 rings (SSSR count). The van der Waals surface area contributed by atoms with Gasteiger partial charge in [-0.3, -0.25) is 0 Å². The summed E-state index contributed by atoms with van der Waals surface area (Å²) < 4.78 is 62.2. The first-order chi connectivity index (χ1) is 13.0. The second kappa shape index (κ2) is 7.00. The average molecular weight is 392 g/mol. The van der Waals surface area contributed by atoms with Crippen molar-refractivity contribution in [2.24, 2.45) is 5.92 Å². The molecule has 0 bridgehead atoms. The van der Waals surface area contributed by atoms with E-state index in [9.17, 15) is 17.6 Å². The van der Waals surface area contributed by atoms with Crippen molar-refractivity contribution in [3.8, 4) is 26.6 Å². The van der Waals surface area contributed by atoms with E-state index < -0.39 is 23.3 Å². The number of aryl methyl sites for hydroxylation is 1. The lowest BCUT2D eigenvalue weighted by Gasteiger charge is -2.09. The molecule has 0 unspecified atom stereocenters. The van der Waals surface area contributed by atoms with Gasteiger partial charge in [0.05, 0.1) is 6.61 Å². The molecule has 0 aliphatic heterocycles. The van der Waals surface area contributed by atoms with E-state index in [2.05, 4.69) is 0 Å². The van der Waals surface area contributed by atoms with Crippen molar-refractivity contribution in [2.75, 3.05) is 6.61 Å². The maximum absolute atomic E-state index is 14.5. The van der Waals surface area contributed by atoms with Gasteiger partial charge in [0, 0.05) is 20.9 Å². The van der Waals surface area contributed by atoms with Crippen LogP contribution in [0.2, 0.25) is 0 Å². The molecule has 27 heavy (non-hydrogen) atoms. The molecule has 1 aliphatic rings. The standard InChI is InChI=1S/C21H16F4OS/c1-11-2-5-13(19(23)18(11)22)16-8-9-17(27-16)14-6-7-15(21(25)20(14)24)26-10-12-3-4-12/h2,5-9,12H,3-4,10H2,1H3. The summed E-state index contributed by atoms with van der Waals surface area (Å²) >= 11 is 1.07. The van der Waals surface area contributed by atoms with Crippen molar-refractivity contribution in [3.05, 3.63) is 65.2 Å². The van der Waals surface area contributed by atoms with Crippen molar-refractivity contribution in [1.82, 2.24) is 0 Å². The van der Waals surface area contributed by atoms with E-state index >= 15 is 0 Å². The van der Waals surface area contributed by atoms with Gasteiger partial charge in [-0.25, -0.2) is 13.2 Å². The van der Waals surface area contributed by atoms with E-state index in [1.54, 1.807) is 12.1 Å². The molecule has 0 N–H and O–H groups in total. The van der Waals surface area contributed by atoms with Gasteiger partial charge in [0.1, 0.15) is 0 Å². The molecule has 1 nitrogen and oxygen atoms in total. The molecule has 0 atom stereocenters. The molecule has 0 radical (unpaired) electrons. The summed E-state index contributed by atoms with van der Waals surface area (Å²) in [5.74, 6) is -3.57. The number of hydrogen-bond acceptors (Lipinski definition) is 2. The monoisotopic (exact) mass is 392 g/mol. The zero-order valence-corrected chi connectivity index (χ0v) is 15.3. The van der Waals surface area contributed by atoms with Gasteiger partial charge >= 0.3 is 0 Å². The molecule has 6 heteroatoms. The fraction of sp³-hybridized carbons (Fsp3) is 0.238. The first-order valence-corrected chi connectivity index (χ1v) is 9.43. The topological polar surface area (TPSA) is 9.23 Å². The predicted molar refractivity (Wildman–Crippen MR) is 98.0 cm³/mol. The van der Waals surface area contributed by atoms with Gasteiger partial charge in [-0.1, -0.05) is 12.1 Å². The fourth-order valence-corrected chi connectivity index (χ4v) is 3.83. The lowest BCUT2D eigenvalue weighted by atomic mass is 10.1. The molecule has 1 heterocycles. The summed E-state index contributed by atoms with van der Waals surface area (Å²) in [4.78, 5) is 0.866. The minimum absolute atomic E-state index is 0.0653. The minimum atomic E-state index is -1.03. The number of thiophene rings is 1. The second-order valence-corrected chi connectivity index (χ2v) is 7.80. The predicted octanol–water partition coefficient (Wildman–Crippen LogP) is 6.74. The summed E-state index contributed by atoms with van der Waals surface area (Å²) in [6.07, 6.45) is 2.10. The number of ether oxygens (including phenoxy) is 1. The highest BCUT2D eigenvalue weighted by molar-refractivity contribution is 7.18. The van der Waals surface area contributed by atoms with E-state index in [0.29, 0.717) is 22.3 Å². The maximum atomic E-state index is 14.5. The largest absolute Gasteiger partial charge is 0.490 e. The van der Waals surface area contributed by atoms with E-state index in [0.717, 1.165) is 24.2 Å². The summed E-state index contributed by atoms with van der Waals surface area (Å²) in [6, 6.07) is 8.96. The van der Waals surface area contributed by atoms with Crippen LogP contribution in [-0.4, -0.2) is 6.61 Å². The Hall–Kier alpha value is -2.34. The molecular weight excluding hydrogens is 376 g/mol. The van der Waals surface area contributed by atoms with Crippen molar-refractivity contribution in [2.45, 2.75) is 19.8 Å². The highest BCUT2D eigenvalue weighted by Crippen LogP contribution is 2.39. The molecule has 1 fully saturated rings. The number of rotatable bonds is 5. The Kier molecular flexibility index (Phi) is 4.68. The molecule has 1 aromatic heterocycles. The van der Waals surface area contributed by atoms with Crippen molar-refractivity contribution in [3.63, 3.8) is 0 Å². The molecule has 0 spiro atoms. The van der Waals surface area contributed by atoms with Crippen molar-refractivity contribution >= 4 is 11.3 Å². The van der Waals surface area contributed by atoms with Gasteiger partial charge < -0.3 is 4.74 Å². The summed E-state index contributed by atoms with van der Waals surface area (Å²) in [6.45, 7) is 1.87. The van der Waals surface area contributed by atoms with Crippen LogP contribution in [0.4, 0.5) is 17.6 Å². The van der Waals surface area contributed by atoms with Gasteiger partial charge in [0.15, 0.2) is 23.2 Å². The second-order valence-electron chi connectivity index (χ2n) is 6.72. The van der Waals surface area contributed by atoms with Crippen LogP contribution in [0.15, 0.2) is 36.4 Å². The zero-order chi connectivity index (χ0) is 19.1. The molecule has 3 aromatic rings. The highest BCUT2D eigenvalue weighted by Gasteiger charge is 2.24. The van der Waals surface area contributed by atoms with Crippen LogP contribution in [0.1, 0.15) is 18.4 Å². The van der Waals surface area contributed by atoms with E-state index in [-0.39, 0.29) is 22.4 Å². The summed E-state index contributed by atoms with van der Waals surface area (Å²) in [5.41, 5.74) is 0.373. The minimum Gasteiger partial charge on any atom is -0.490 e. The summed E-state index contributed by atoms with van der Waals surface area (Å²) in [7, 11) is 0. The molecule has 0 saturated heterocycles. The van der Waals surface area contributed by atoms with Gasteiger partial charge in [-0.05, 0) is 55.5 Å². The SMILES string of the molecule is Cc1ccc(-c2ccc(-c3ccc(OCC4CC4)c(F)c3F)s2)c(F)c1F.